The van der Waals surface area contributed by atoms with Crippen molar-refractivity contribution in [3.63, 3.8) is 0 Å². The minimum Gasteiger partial charge on any atom is -0.423 e. The molecule has 0 unspecified atom stereocenters. The Morgan fingerprint density at radius 1 is 1.50 bits per heavy atom. The van der Waals surface area contributed by atoms with Crippen LogP contribution in [0.15, 0.2) is 33.5 Å². The van der Waals surface area contributed by atoms with Gasteiger partial charge in [0.15, 0.2) is 0 Å². The van der Waals surface area contributed by atoms with E-state index >= 15 is 0 Å². The lowest BCUT2D eigenvalue weighted by Gasteiger charge is -1.95. The molecule has 0 spiro atoms. The molecule has 2 heteroatoms. The van der Waals surface area contributed by atoms with Crippen molar-refractivity contribution in [2.45, 2.75) is 6.92 Å². The summed E-state index contributed by atoms with van der Waals surface area (Å²) in [6.45, 7) is 1.74. The Morgan fingerprint density at radius 3 is 3.17 bits per heavy atom. The minimum absolute atomic E-state index is 0.276. The van der Waals surface area contributed by atoms with Crippen molar-refractivity contribution in [2.75, 3.05) is 0 Å². The molecule has 0 aliphatic heterocycles. The van der Waals surface area contributed by atoms with Crippen molar-refractivity contribution >= 4 is 11.0 Å². The monoisotopic (exact) mass is 159 g/mol. The molecule has 59 valence electrons. The summed E-state index contributed by atoms with van der Waals surface area (Å²) in [5, 5.41) is 0.936. The normalized spacial score (nSPS) is 10.4. The Labute approximate surface area is 69.4 Å². The molecule has 0 aliphatic carbocycles. The fourth-order valence-electron chi connectivity index (χ4n) is 1.11. The number of fused-ring (bicyclic) bond motifs is 1. The van der Waals surface area contributed by atoms with Crippen molar-refractivity contribution in [1.29, 1.82) is 0 Å². The molecular weight excluding hydrogens is 152 g/mol. The summed E-state index contributed by atoms with van der Waals surface area (Å²) < 4.78 is 5.01. The van der Waals surface area contributed by atoms with Gasteiger partial charge in [-0.3, -0.25) is 0 Å². The van der Waals surface area contributed by atoms with Crippen LogP contribution in [0.25, 0.3) is 11.0 Å². The Bertz CT molecular complexity index is 468. The van der Waals surface area contributed by atoms with E-state index in [0.29, 0.717) is 11.1 Å². The van der Waals surface area contributed by atoms with E-state index in [9.17, 15) is 4.79 Å². The summed E-state index contributed by atoms with van der Waals surface area (Å²) in [4.78, 5) is 11.1. The first-order chi connectivity index (χ1) is 5.77. The molecule has 0 saturated carbocycles. The van der Waals surface area contributed by atoms with Crippen molar-refractivity contribution in [2.24, 2.45) is 0 Å². The zero-order chi connectivity index (χ0) is 8.55. The quantitative estimate of drug-likeness (QED) is 0.549. The van der Waals surface area contributed by atoms with Gasteiger partial charge >= 0.3 is 5.63 Å². The van der Waals surface area contributed by atoms with Gasteiger partial charge in [0, 0.05) is 10.9 Å². The largest absolute Gasteiger partial charge is 0.423 e. The molecule has 1 aromatic carbocycles. The molecule has 2 rings (SSSR count). The van der Waals surface area contributed by atoms with Crippen LogP contribution in [0.1, 0.15) is 5.56 Å². The fraction of sp³-hybridized carbons (Fsp3) is 0.100. The maximum atomic E-state index is 11.1. The van der Waals surface area contributed by atoms with Gasteiger partial charge in [0.2, 0.25) is 0 Å². The van der Waals surface area contributed by atoms with Crippen LogP contribution in [0.5, 0.6) is 0 Å². The zero-order valence-electron chi connectivity index (χ0n) is 6.63. The van der Waals surface area contributed by atoms with Gasteiger partial charge in [-0.25, -0.2) is 4.79 Å². The second-order valence-corrected chi connectivity index (χ2v) is 2.68. The summed E-state index contributed by atoms with van der Waals surface area (Å²) in [6, 6.07) is 9.99. The average Bonchev–Trinajstić information content (AvgIpc) is 2.07. The predicted octanol–water partition coefficient (Wildman–Crippen LogP) is 1.90. The first-order valence-electron chi connectivity index (χ1n) is 3.68. The number of benzene rings is 1. The Balaban J connectivity index is 2.93. The Morgan fingerprint density at radius 2 is 2.33 bits per heavy atom. The SMILES string of the molecule is Cc1cc2cc[c]cc2oc1=O. The van der Waals surface area contributed by atoms with Crippen LogP contribution >= 0.6 is 0 Å². The first kappa shape index (κ1) is 7.10. The van der Waals surface area contributed by atoms with Crippen molar-refractivity contribution in [3.05, 3.63) is 46.3 Å². The van der Waals surface area contributed by atoms with E-state index < -0.39 is 0 Å². The topological polar surface area (TPSA) is 30.2 Å². The Hall–Kier alpha value is -1.57. The second kappa shape index (κ2) is 2.48. The van der Waals surface area contributed by atoms with Gasteiger partial charge in [0.05, 0.1) is 0 Å². The van der Waals surface area contributed by atoms with E-state index in [1.54, 1.807) is 19.1 Å². The molecule has 0 amide bonds. The van der Waals surface area contributed by atoms with Crippen LogP contribution in [-0.4, -0.2) is 0 Å². The van der Waals surface area contributed by atoms with Gasteiger partial charge in [-0.15, -0.1) is 0 Å². The van der Waals surface area contributed by atoms with Crippen molar-refractivity contribution in [1.82, 2.24) is 0 Å². The first-order valence-corrected chi connectivity index (χ1v) is 3.68. The molecule has 1 radical (unpaired) electrons. The highest BCUT2D eigenvalue weighted by Crippen LogP contribution is 2.11. The fourth-order valence-corrected chi connectivity index (χ4v) is 1.11. The highest BCUT2D eigenvalue weighted by molar-refractivity contribution is 5.76. The smallest absolute Gasteiger partial charge is 0.339 e. The van der Waals surface area contributed by atoms with E-state index in [-0.39, 0.29) is 5.63 Å². The van der Waals surface area contributed by atoms with Crippen LogP contribution in [0.3, 0.4) is 0 Å². The molecule has 0 saturated heterocycles. The van der Waals surface area contributed by atoms with Gasteiger partial charge in [0.25, 0.3) is 0 Å². The molecule has 1 heterocycles. The summed E-state index contributed by atoms with van der Waals surface area (Å²) in [7, 11) is 0. The van der Waals surface area contributed by atoms with Gasteiger partial charge in [-0.2, -0.15) is 0 Å². The van der Waals surface area contributed by atoms with Crippen molar-refractivity contribution < 1.29 is 4.42 Å². The number of aryl methyl sites for hydroxylation is 1. The molecule has 2 aromatic rings. The third-order valence-electron chi connectivity index (χ3n) is 1.75. The third kappa shape index (κ3) is 1.01. The van der Waals surface area contributed by atoms with Gasteiger partial charge in [0.1, 0.15) is 5.58 Å². The highest BCUT2D eigenvalue weighted by atomic mass is 16.4. The lowest BCUT2D eigenvalue weighted by Crippen LogP contribution is -2.01. The molecule has 0 aliphatic rings. The van der Waals surface area contributed by atoms with Crippen LogP contribution in [-0.2, 0) is 0 Å². The zero-order valence-corrected chi connectivity index (χ0v) is 6.63. The average molecular weight is 159 g/mol. The van der Waals surface area contributed by atoms with Gasteiger partial charge in [-0.1, -0.05) is 12.1 Å². The minimum atomic E-state index is -0.276. The molecule has 12 heavy (non-hydrogen) atoms. The van der Waals surface area contributed by atoms with E-state index in [4.69, 9.17) is 4.42 Å². The molecule has 1 aromatic heterocycles. The van der Waals surface area contributed by atoms with E-state index in [1.165, 1.54) is 0 Å². The molecule has 0 bridgehead atoms. The molecule has 2 nitrogen and oxygen atoms in total. The molecule has 0 atom stereocenters. The van der Waals surface area contributed by atoms with E-state index in [2.05, 4.69) is 6.07 Å². The lowest BCUT2D eigenvalue weighted by atomic mass is 10.2. The van der Waals surface area contributed by atoms with E-state index in [0.717, 1.165) is 5.39 Å². The summed E-state index contributed by atoms with van der Waals surface area (Å²) >= 11 is 0. The van der Waals surface area contributed by atoms with Crippen LogP contribution in [0.2, 0.25) is 0 Å². The summed E-state index contributed by atoms with van der Waals surface area (Å²) in [6.07, 6.45) is 0. The van der Waals surface area contributed by atoms with Crippen LogP contribution in [0.4, 0.5) is 0 Å². The standard InChI is InChI=1S/C10H7O2/c1-7-6-8-4-2-3-5-9(8)12-10(7)11/h2,4-6H,1H3. The summed E-state index contributed by atoms with van der Waals surface area (Å²) in [5.41, 5.74) is 0.948. The van der Waals surface area contributed by atoms with Gasteiger partial charge in [-0.05, 0) is 25.1 Å². The predicted molar refractivity (Wildman–Crippen MR) is 46.1 cm³/mol. The van der Waals surface area contributed by atoms with Gasteiger partial charge < -0.3 is 4.42 Å². The van der Waals surface area contributed by atoms with E-state index in [1.807, 2.05) is 12.1 Å². The van der Waals surface area contributed by atoms with Crippen LogP contribution < -0.4 is 5.63 Å². The number of hydrogen-bond acceptors (Lipinski definition) is 2. The third-order valence-corrected chi connectivity index (χ3v) is 1.75. The Kier molecular flexibility index (Phi) is 1.47. The number of rotatable bonds is 0. The van der Waals surface area contributed by atoms with Crippen molar-refractivity contribution in [3.8, 4) is 0 Å². The maximum Gasteiger partial charge on any atom is 0.339 e. The highest BCUT2D eigenvalue weighted by Gasteiger charge is 1.98. The molecule has 0 fully saturated rings. The summed E-state index contributed by atoms with van der Waals surface area (Å²) in [5.74, 6) is 0. The number of hydrogen-bond donors (Lipinski definition) is 0. The maximum absolute atomic E-state index is 11.1. The lowest BCUT2D eigenvalue weighted by molar-refractivity contribution is 0.555. The molecular formula is C10H7O2. The molecule has 0 N–H and O–H groups in total. The van der Waals surface area contributed by atoms with Crippen LogP contribution in [0, 0.1) is 13.0 Å². The second-order valence-electron chi connectivity index (χ2n) is 2.68.